The van der Waals surface area contributed by atoms with Gasteiger partial charge >= 0.3 is 0 Å². The Hall–Kier alpha value is -0.560. The van der Waals surface area contributed by atoms with Crippen molar-refractivity contribution in [3.8, 4) is 0 Å². The van der Waals surface area contributed by atoms with Crippen LogP contribution in [0.25, 0.3) is 0 Å². The summed E-state index contributed by atoms with van der Waals surface area (Å²) in [5, 5.41) is 10.2. The SMILES string of the molecule is CC(C)[C@@H](C)/C=C/[C@@H](C)[C@H]1CC[C@H]2C3=C(CC[C@]12C)[C@@]1(C)CC[C@H](O)C[C@@H]1CC3. The molecular formula is C28H46O. The van der Waals surface area contributed by atoms with E-state index in [1.54, 1.807) is 0 Å². The molecule has 29 heavy (non-hydrogen) atoms. The molecule has 2 fully saturated rings. The molecule has 1 heteroatoms. The fourth-order valence-electron chi connectivity index (χ4n) is 8.05. The van der Waals surface area contributed by atoms with E-state index in [1.165, 1.54) is 44.9 Å². The molecule has 0 aromatic rings. The number of allylic oxidation sites excluding steroid dienone is 4. The van der Waals surface area contributed by atoms with Gasteiger partial charge < -0.3 is 5.11 Å². The number of hydrogen-bond acceptors (Lipinski definition) is 1. The summed E-state index contributed by atoms with van der Waals surface area (Å²) in [6, 6.07) is 0. The van der Waals surface area contributed by atoms with Crippen LogP contribution in [0.2, 0.25) is 0 Å². The first-order valence-corrected chi connectivity index (χ1v) is 12.8. The standard InChI is InChI=1S/C28H46O/c1-18(2)19(3)7-8-20(4)24-11-12-25-23-10-9-21-17-22(29)13-15-27(21,5)26(23)14-16-28(24,25)6/h7-8,18-22,24-25,29H,9-17H2,1-6H3/b8-7+/t19-,20+,21-,22-,24+,25-,27-,28+/m0/s1. The van der Waals surface area contributed by atoms with Gasteiger partial charge in [0.15, 0.2) is 0 Å². The summed E-state index contributed by atoms with van der Waals surface area (Å²) in [6.07, 6.45) is 16.5. The summed E-state index contributed by atoms with van der Waals surface area (Å²) in [5.41, 5.74) is 4.65. The smallest absolute Gasteiger partial charge is 0.0543 e. The van der Waals surface area contributed by atoms with Crippen molar-refractivity contribution in [2.75, 3.05) is 0 Å². The Labute approximate surface area is 180 Å². The Morgan fingerprint density at radius 1 is 0.931 bits per heavy atom. The van der Waals surface area contributed by atoms with E-state index in [1.807, 2.05) is 11.1 Å². The van der Waals surface area contributed by atoms with E-state index in [0.29, 0.717) is 22.7 Å². The zero-order valence-electron chi connectivity index (χ0n) is 20.0. The minimum atomic E-state index is -0.0409. The number of hydrogen-bond donors (Lipinski definition) is 1. The first kappa shape index (κ1) is 21.7. The average molecular weight is 399 g/mol. The van der Waals surface area contributed by atoms with Crippen LogP contribution >= 0.6 is 0 Å². The zero-order chi connectivity index (χ0) is 21.0. The van der Waals surface area contributed by atoms with Crippen molar-refractivity contribution in [2.45, 2.75) is 105 Å². The molecule has 0 radical (unpaired) electrons. The fraction of sp³-hybridized carbons (Fsp3) is 0.857. The van der Waals surface area contributed by atoms with Gasteiger partial charge in [0.05, 0.1) is 6.10 Å². The van der Waals surface area contributed by atoms with E-state index < -0.39 is 0 Å². The van der Waals surface area contributed by atoms with E-state index in [2.05, 4.69) is 53.7 Å². The van der Waals surface area contributed by atoms with E-state index in [4.69, 9.17) is 0 Å². The number of aliphatic hydroxyl groups is 1. The molecular weight excluding hydrogens is 352 g/mol. The van der Waals surface area contributed by atoms with Gasteiger partial charge in [-0.05, 0) is 104 Å². The van der Waals surface area contributed by atoms with Crippen molar-refractivity contribution < 1.29 is 5.11 Å². The van der Waals surface area contributed by atoms with Crippen LogP contribution in [0.15, 0.2) is 23.3 Å². The molecule has 164 valence electrons. The summed E-state index contributed by atoms with van der Waals surface area (Å²) >= 11 is 0. The summed E-state index contributed by atoms with van der Waals surface area (Å²) in [4.78, 5) is 0. The molecule has 8 atom stereocenters. The zero-order valence-corrected chi connectivity index (χ0v) is 20.0. The minimum absolute atomic E-state index is 0.0409. The van der Waals surface area contributed by atoms with Crippen molar-refractivity contribution in [3.05, 3.63) is 23.3 Å². The highest BCUT2D eigenvalue weighted by molar-refractivity contribution is 5.34. The van der Waals surface area contributed by atoms with E-state index in [-0.39, 0.29) is 6.10 Å². The third-order valence-electron chi connectivity index (χ3n) is 10.4. The van der Waals surface area contributed by atoms with Gasteiger partial charge in [-0.3, -0.25) is 0 Å². The van der Waals surface area contributed by atoms with Crippen LogP contribution in [0.3, 0.4) is 0 Å². The van der Waals surface area contributed by atoms with Gasteiger partial charge in [0.25, 0.3) is 0 Å². The lowest BCUT2D eigenvalue weighted by Gasteiger charge is -2.55. The summed E-state index contributed by atoms with van der Waals surface area (Å²) in [5.74, 6) is 4.52. The average Bonchev–Trinajstić information content (AvgIpc) is 3.03. The van der Waals surface area contributed by atoms with Crippen LogP contribution in [0.1, 0.15) is 99.3 Å². The molecule has 0 amide bonds. The number of fused-ring (bicyclic) bond motifs is 4. The highest BCUT2D eigenvalue weighted by Crippen LogP contribution is 2.65. The molecule has 0 heterocycles. The Kier molecular flexibility index (Phi) is 5.86. The van der Waals surface area contributed by atoms with Gasteiger partial charge in [-0.1, -0.05) is 64.8 Å². The molecule has 0 spiro atoms. The molecule has 0 aromatic heterocycles. The monoisotopic (exact) mass is 398 g/mol. The van der Waals surface area contributed by atoms with Crippen LogP contribution in [0.4, 0.5) is 0 Å². The Bertz CT molecular complexity index is 672. The topological polar surface area (TPSA) is 20.2 Å². The molecule has 0 bridgehead atoms. The Balaban J connectivity index is 1.56. The van der Waals surface area contributed by atoms with Crippen LogP contribution < -0.4 is 0 Å². The maximum Gasteiger partial charge on any atom is 0.0543 e. The molecule has 4 rings (SSSR count). The number of rotatable bonds is 4. The molecule has 0 saturated heterocycles. The first-order valence-electron chi connectivity index (χ1n) is 12.8. The molecule has 1 nitrogen and oxygen atoms in total. The second-order valence-corrected chi connectivity index (χ2v) is 12.2. The quantitative estimate of drug-likeness (QED) is 0.484. The highest BCUT2D eigenvalue weighted by atomic mass is 16.3. The van der Waals surface area contributed by atoms with Crippen LogP contribution in [0, 0.1) is 46.3 Å². The Morgan fingerprint density at radius 3 is 2.41 bits per heavy atom. The second-order valence-electron chi connectivity index (χ2n) is 12.2. The van der Waals surface area contributed by atoms with Crippen molar-refractivity contribution in [2.24, 2.45) is 46.3 Å². The van der Waals surface area contributed by atoms with Crippen molar-refractivity contribution in [1.82, 2.24) is 0 Å². The maximum absolute atomic E-state index is 10.2. The summed E-state index contributed by atoms with van der Waals surface area (Å²) < 4.78 is 0. The van der Waals surface area contributed by atoms with Crippen LogP contribution in [-0.4, -0.2) is 11.2 Å². The largest absolute Gasteiger partial charge is 0.393 e. The minimum Gasteiger partial charge on any atom is -0.393 e. The van der Waals surface area contributed by atoms with Gasteiger partial charge in [-0.25, -0.2) is 0 Å². The first-order chi connectivity index (χ1) is 13.7. The highest BCUT2D eigenvalue weighted by Gasteiger charge is 2.55. The molecule has 4 aliphatic rings. The van der Waals surface area contributed by atoms with Crippen LogP contribution in [0.5, 0.6) is 0 Å². The number of aliphatic hydroxyl groups excluding tert-OH is 1. The predicted octanol–water partition coefficient (Wildman–Crippen LogP) is 7.55. The summed E-state index contributed by atoms with van der Waals surface area (Å²) in [6.45, 7) is 14.7. The third-order valence-corrected chi connectivity index (χ3v) is 10.4. The molecule has 0 unspecified atom stereocenters. The third kappa shape index (κ3) is 3.58. The lowest BCUT2D eigenvalue weighted by Crippen LogP contribution is -2.45. The summed E-state index contributed by atoms with van der Waals surface area (Å²) in [7, 11) is 0. The molecule has 1 N–H and O–H groups in total. The van der Waals surface area contributed by atoms with Crippen molar-refractivity contribution in [1.29, 1.82) is 0 Å². The van der Waals surface area contributed by atoms with E-state index in [0.717, 1.165) is 36.5 Å². The van der Waals surface area contributed by atoms with Gasteiger partial charge in [0, 0.05) is 0 Å². The van der Waals surface area contributed by atoms with Gasteiger partial charge in [-0.15, -0.1) is 0 Å². The second kappa shape index (κ2) is 7.85. The van der Waals surface area contributed by atoms with Gasteiger partial charge in [-0.2, -0.15) is 0 Å². The van der Waals surface area contributed by atoms with E-state index in [9.17, 15) is 5.11 Å². The van der Waals surface area contributed by atoms with Gasteiger partial charge in [0.2, 0.25) is 0 Å². The lowest BCUT2D eigenvalue weighted by molar-refractivity contribution is 0.0145. The molecule has 0 aromatic carbocycles. The fourth-order valence-corrected chi connectivity index (χ4v) is 8.05. The molecule has 0 aliphatic heterocycles. The Morgan fingerprint density at radius 2 is 1.69 bits per heavy atom. The predicted molar refractivity (Wildman–Crippen MR) is 124 cm³/mol. The lowest BCUT2D eigenvalue weighted by atomic mass is 9.50. The van der Waals surface area contributed by atoms with E-state index >= 15 is 0 Å². The maximum atomic E-state index is 10.2. The van der Waals surface area contributed by atoms with Crippen molar-refractivity contribution in [3.63, 3.8) is 0 Å². The normalized spacial score (nSPS) is 44.6. The molecule has 4 aliphatic carbocycles. The van der Waals surface area contributed by atoms with Crippen LogP contribution in [-0.2, 0) is 0 Å². The van der Waals surface area contributed by atoms with Crippen molar-refractivity contribution >= 4 is 0 Å². The molecule has 2 saturated carbocycles. The van der Waals surface area contributed by atoms with Gasteiger partial charge in [0.1, 0.15) is 0 Å².